The summed E-state index contributed by atoms with van der Waals surface area (Å²) in [7, 11) is 0. The minimum absolute atomic E-state index is 0.0259. The number of ether oxygens (including phenoxy) is 1. The van der Waals surface area contributed by atoms with E-state index in [-0.39, 0.29) is 31.0 Å². The monoisotopic (exact) mass is 464 g/mol. The molecule has 1 saturated carbocycles. The number of alkyl carbamates (subject to hydrolysis) is 1. The van der Waals surface area contributed by atoms with Crippen LogP contribution < -0.4 is 10.6 Å². The van der Waals surface area contributed by atoms with Crippen molar-refractivity contribution in [1.82, 2.24) is 10.6 Å². The quantitative estimate of drug-likeness (QED) is 0.530. The molecule has 2 aromatic carbocycles. The molecule has 2 aliphatic rings. The molecule has 3 atom stereocenters. The lowest BCUT2D eigenvalue weighted by molar-refractivity contribution is -0.143. The maximum Gasteiger partial charge on any atom is 0.407 e. The van der Waals surface area contributed by atoms with E-state index in [1.54, 1.807) is 6.92 Å². The molecular formula is C27H32N2O5. The van der Waals surface area contributed by atoms with Crippen molar-refractivity contribution < 1.29 is 24.2 Å². The smallest absolute Gasteiger partial charge is 0.407 e. The number of carboxylic acids is 1. The Labute approximate surface area is 199 Å². The van der Waals surface area contributed by atoms with E-state index in [4.69, 9.17) is 4.74 Å². The topological polar surface area (TPSA) is 105 Å². The average Bonchev–Trinajstić information content (AvgIpc) is 2.97. The number of fused-ring (bicyclic) bond motifs is 3. The van der Waals surface area contributed by atoms with Gasteiger partial charge < -0.3 is 20.5 Å². The zero-order valence-corrected chi connectivity index (χ0v) is 19.5. The molecule has 2 aromatic rings. The molecular weight excluding hydrogens is 432 g/mol. The Kier molecular flexibility index (Phi) is 7.50. The lowest BCUT2D eigenvalue weighted by atomic mass is 9.94. The molecule has 7 nitrogen and oxygen atoms in total. The first kappa shape index (κ1) is 23.8. The number of nitrogens with one attached hydrogen (secondary N) is 2. The van der Waals surface area contributed by atoms with E-state index in [9.17, 15) is 19.5 Å². The highest BCUT2D eigenvalue weighted by atomic mass is 16.5. The van der Waals surface area contributed by atoms with Crippen molar-refractivity contribution in [2.45, 2.75) is 51.0 Å². The number of hydrogen-bond donors (Lipinski definition) is 3. The Morgan fingerprint density at radius 3 is 2.24 bits per heavy atom. The summed E-state index contributed by atoms with van der Waals surface area (Å²) in [6.07, 6.45) is 3.42. The van der Waals surface area contributed by atoms with Gasteiger partial charge in [-0.05, 0) is 35.1 Å². The van der Waals surface area contributed by atoms with Crippen LogP contribution in [0, 0.1) is 11.8 Å². The molecule has 0 radical (unpaired) electrons. The normalized spacial score (nSPS) is 20.4. The van der Waals surface area contributed by atoms with Gasteiger partial charge in [-0.3, -0.25) is 9.59 Å². The summed E-state index contributed by atoms with van der Waals surface area (Å²) in [6, 6.07) is 15.9. The number of benzene rings is 2. The molecule has 0 aromatic heterocycles. The van der Waals surface area contributed by atoms with Crippen LogP contribution in [0.5, 0.6) is 0 Å². The minimum atomic E-state index is -0.864. The van der Waals surface area contributed by atoms with Crippen molar-refractivity contribution in [1.29, 1.82) is 0 Å². The van der Waals surface area contributed by atoms with Gasteiger partial charge in [0.15, 0.2) is 0 Å². The fourth-order valence-electron chi connectivity index (χ4n) is 5.08. The van der Waals surface area contributed by atoms with E-state index in [0.29, 0.717) is 12.8 Å². The molecule has 0 bridgehead atoms. The van der Waals surface area contributed by atoms with Crippen LogP contribution in [0.1, 0.15) is 56.1 Å². The first-order valence-corrected chi connectivity index (χ1v) is 12.1. The summed E-state index contributed by atoms with van der Waals surface area (Å²) in [6.45, 7) is 2.04. The van der Waals surface area contributed by atoms with Crippen molar-refractivity contribution in [3.63, 3.8) is 0 Å². The van der Waals surface area contributed by atoms with Gasteiger partial charge in [-0.15, -0.1) is 0 Å². The number of carbonyl (C=O) groups is 3. The summed E-state index contributed by atoms with van der Waals surface area (Å²) in [5.74, 6) is -2.21. The van der Waals surface area contributed by atoms with E-state index >= 15 is 0 Å². The third-order valence-electron chi connectivity index (χ3n) is 7.00. The van der Waals surface area contributed by atoms with Crippen molar-refractivity contribution in [2.75, 3.05) is 13.2 Å². The van der Waals surface area contributed by atoms with Crippen LogP contribution in [0.4, 0.5) is 4.79 Å². The van der Waals surface area contributed by atoms with Crippen molar-refractivity contribution in [2.24, 2.45) is 11.8 Å². The van der Waals surface area contributed by atoms with Gasteiger partial charge in [0, 0.05) is 18.5 Å². The van der Waals surface area contributed by atoms with Crippen molar-refractivity contribution >= 4 is 18.0 Å². The molecule has 1 unspecified atom stereocenters. The molecule has 34 heavy (non-hydrogen) atoms. The lowest BCUT2D eigenvalue weighted by Crippen LogP contribution is -2.46. The second kappa shape index (κ2) is 10.7. The highest BCUT2D eigenvalue weighted by Crippen LogP contribution is 2.44. The van der Waals surface area contributed by atoms with Crippen LogP contribution in [-0.4, -0.2) is 42.3 Å². The van der Waals surface area contributed by atoms with Crippen LogP contribution in [0.25, 0.3) is 11.1 Å². The third kappa shape index (κ3) is 5.24. The van der Waals surface area contributed by atoms with Crippen LogP contribution >= 0.6 is 0 Å². The highest BCUT2D eigenvalue weighted by Gasteiger charge is 2.32. The Bertz CT molecular complexity index is 1010. The average molecular weight is 465 g/mol. The number of aliphatic carboxylic acids is 1. The molecule has 0 heterocycles. The molecule has 180 valence electrons. The molecule has 0 aliphatic heterocycles. The number of rotatable bonds is 7. The van der Waals surface area contributed by atoms with Gasteiger partial charge in [-0.2, -0.15) is 0 Å². The highest BCUT2D eigenvalue weighted by molar-refractivity contribution is 5.81. The number of carbonyl (C=O) groups excluding carboxylic acids is 2. The van der Waals surface area contributed by atoms with E-state index in [2.05, 4.69) is 34.9 Å². The Morgan fingerprint density at radius 2 is 1.59 bits per heavy atom. The summed E-state index contributed by atoms with van der Waals surface area (Å²) in [5, 5.41) is 15.1. The fraction of sp³-hybridized carbons (Fsp3) is 0.444. The molecule has 3 N–H and O–H groups in total. The van der Waals surface area contributed by atoms with Gasteiger partial charge in [-0.1, -0.05) is 74.7 Å². The Morgan fingerprint density at radius 1 is 0.971 bits per heavy atom. The molecule has 0 spiro atoms. The predicted octanol–water partition coefficient (Wildman–Crippen LogP) is 4.31. The molecule has 2 amide bonds. The maximum atomic E-state index is 12.6. The van der Waals surface area contributed by atoms with E-state index in [1.165, 1.54) is 0 Å². The first-order chi connectivity index (χ1) is 16.5. The minimum Gasteiger partial charge on any atom is -0.481 e. The number of carboxylic acid groups (broad SMARTS) is 1. The second-order valence-electron chi connectivity index (χ2n) is 9.31. The molecule has 7 heteroatoms. The zero-order chi connectivity index (χ0) is 24.1. The fourth-order valence-corrected chi connectivity index (χ4v) is 5.08. The number of amides is 2. The third-order valence-corrected chi connectivity index (χ3v) is 7.00. The van der Waals surface area contributed by atoms with E-state index < -0.39 is 23.9 Å². The largest absolute Gasteiger partial charge is 0.481 e. The maximum absolute atomic E-state index is 12.6. The Hall–Kier alpha value is -3.35. The van der Waals surface area contributed by atoms with E-state index in [0.717, 1.165) is 41.5 Å². The van der Waals surface area contributed by atoms with Gasteiger partial charge in [0.2, 0.25) is 5.91 Å². The summed E-state index contributed by atoms with van der Waals surface area (Å²) in [5.41, 5.74) is 4.60. The van der Waals surface area contributed by atoms with Crippen LogP contribution in [0.15, 0.2) is 48.5 Å². The summed E-state index contributed by atoms with van der Waals surface area (Å²) in [4.78, 5) is 36.6. The second-order valence-corrected chi connectivity index (χ2v) is 9.31. The van der Waals surface area contributed by atoms with Gasteiger partial charge >= 0.3 is 12.1 Å². The SMILES string of the molecule is CC(CNC(=O)OCC1c2ccccc2-c2ccccc21)C(=O)N[C@H]1CCCCC[C@H]1C(=O)O. The summed E-state index contributed by atoms with van der Waals surface area (Å²) >= 11 is 0. The van der Waals surface area contributed by atoms with Crippen LogP contribution in [-0.2, 0) is 14.3 Å². The van der Waals surface area contributed by atoms with Crippen molar-refractivity contribution in [3.8, 4) is 11.1 Å². The predicted molar refractivity (Wildman–Crippen MR) is 128 cm³/mol. The van der Waals surface area contributed by atoms with Crippen molar-refractivity contribution in [3.05, 3.63) is 59.7 Å². The number of hydrogen-bond acceptors (Lipinski definition) is 4. The van der Waals surface area contributed by atoms with Crippen LogP contribution in [0.3, 0.4) is 0 Å². The zero-order valence-electron chi connectivity index (χ0n) is 19.5. The lowest BCUT2D eigenvalue weighted by Gasteiger charge is -2.24. The van der Waals surface area contributed by atoms with E-state index in [1.807, 2.05) is 24.3 Å². The molecule has 2 aliphatic carbocycles. The Balaban J connectivity index is 1.28. The molecule has 4 rings (SSSR count). The standard InChI is InChI=1S/C27H32N2O5/c1-17(25(30)29-24-14-4-2-3-13-22(24)26(31)32)15-28-27(33)34-16-23-20-11-7-5-9-18(20)19-10-6-8-12-21(19)23/h5-12,17,22-24H,2-4,13-16H2,1H3,(H,28,33)(H,29,30)(H,31,32)/t17?,22-,24+/m1/s1. The van der Waals surface area contributed by atoms with Gasteiger partial charge in [-0.25, -0.2) is 4.79 Å². The molecule has 1 fully saturated rings. The first-order valence-electron chi connectivity index (χ1n) is 12.1. The van der Waals surface area contributed by atoms with Gasteiger partial charge in [0.05, 0.1) is 11.8 Å². The van der Waals surface area contributed by atoms with Gasteiger partial charge in [0.1, 0.15) is 6.61 Å². The summed E-state index contributed by atoms with van der Waals surface area (Å²) < 4.78 is 5.53. The van der Waals surface area contributed by atoms with Gasteiger partial charge in [0.25, 0.3) is 0 Å². The van der Waals surface area contributed by atoms with Crippen LogP contribution in [0.2, 0.25) is 0 Å². The molecule has 0 saturated heterocycles.